The smallest absolute Gasteiger partial charge is 0.233 e. The third-order valence-corrected chi connectivity index (χ3v) is 5.74. The van der Waals surface area contributed by atoms with E-state index < -0.39 is 0 Å². The van der Waals surface area contributed by atoms with Gasteiger partial charge in [-0.15, -0.1) is 0 Å². The maximum Gasteiger partial charge on any atom is 0.233 e. The van der Waals surface area contributed by atoms with Crippen LogP contribution in [0.3, 0.4) is 0 Å². The number of nitrogens with two attached hydrogens (primary N) is 1. The minimum Gasteiger partial charge on any atom is -0.351 e. The molecule has 5 nitrogen and oxygen atoms in total. The van der Waals surface area contributed by atoms with Crippen molar-refractivity contribution in [1.29, 1.82) is 0 Å². The van der Waals surface area contributed by atoms with Gasteiger partial charge in [-0.1, -0.05) is 74.9 Å². The first kappa shape index (κ1) is 21.1. The second-order valence-corrected chi connectivity index (χ2v) is 8.09. The molecule has 0 aliphatic heterocycles. The van der Waals surface area contributed by atoms with Gasteiger partial charge in [0.15, 0.2) is 0 Å². The summed E-state index contributed by atoms with van der Waals surface area (Å²) in [5.74, 6) is -0.00364. The van der Waals surface area contributed by atoms with Crippen LogP contribution in [-0.2, 0) is 9.59 Å². The highest BCUT2D eigenvalue weighted by atomic mass is 16.2. The summed E-state index contributed by atoms with van der Waals surface area (Å²) in [5.41, 5.74) is 8.79. The molecule has 0 bridgehead atoms. The van der Waals surface area contributed by atoms with Gasteiger partial charge in [-0.25, -0.2) is 0 Å². The lowest BCUT2D eigenvalue weighted by atomic mass is 9.94. The standard InChI is InChI=1S/C24H31N3O2/c1-16(2)17-11-13-19(14-12-17)23(18-7-4-3-5-8-18)27-24(29)20-9-6-10-21(20)26-22(28)15-25/h3-5,7-8,11-14,16,20-21,23H,6,9-10,15,25H2,1-2H3,(H,26,28)(H,27,29)/t20-,21+,23+/m1/s1. The average Bonchev–Trinajstić information content (AvgIpc) is 3.20. The molecule has 3 atom stereocenters. The Balaban J connectivity index is 1.81. The van der Waals surface area contributed by atoms with E-state index >= 15 is 0 Å². The molecule has 0 aromatic heterocycles. The zero-order valence-corrected chi connectivity index (χ0v) is 17.2. The van der Waals surface area contributed by atoms with Crippen LogP contribution in [0.1, 0.15) is 61.8 Å². The van der Waals surface area contributed by atoms with E-state index in [-0.39, 0.29) is 36.4 Å². The van der Waals surface area contributed by atoms with Crippen molar-refractivity contribution in [3.8, 4) is 0 Å². The van der Waals surface area contributed by atoms with Gasteiger partial charge in [-0.2, -0.15) is 0 Å². The van der Waals surface area contributed by atoms with Crippen molar-refractivity contribution >= 4 is 11.8 Å². The van der Waals surface area contributed by atoms with Crippen molar-refractivity contribution in [3.05, 3.63) is 71.3 Å². The van der Waals surface area contributed by atoms with Gasteiger partial charge in [0, 0.05) is 6.04 Å². The SMILES string of the molecule is CC(C)c1ccc([C@@H](NC(=O)[C@@H]2CCC[C@@H]2NC(=O)CN)c2ccccc2)cc1. The van der Waals surface area contributed by atoms with E-state index in [9.17, 15) is 9.59 Å². The molecule has 3 rings (SSSR count). The van der Waals surface area contributed by atoms with E-state index in [4.69, 9.17) is 5.73 Å². The molecule has 5 heteroatoms. The van der Waals surface area contributed by atoms with E-state index in [2.05, 4.69) is 48.7 Å². The van der Waals surface area contributed by atoms with Crippen molar-refractivity contribution in [3.63, 3.8) is 0 Å². The summed E-state index contributed by atoms with van der Waals surface area (Å²) < 4.78 is 0. The van der Waals surface area contributed by atoms with E-state index in [1.807, 2.05) is 30.3 Å². The van der Waals surface area contributed by atoms with Crippen molar-refractivity contribution < 1.29 is 9.59 Å². The highest BCUT2D eigenvalue weighted by molar-refractivity contribution is 5.83. The highest BCUT2D eigenvalue weighted by Crippen LogP contribution is 2.29. The first-order chi connectivity index (χ1) is 14.0. The van der Waals surface area contributed by atoms with E-state index in [0.717, 1.165) is 30.4 Å². The zero-order chi connectivity index (χ0) is 20.8. The molecule has 4 N–H and O–H groups in total. The quantitative estimate of drug-likeness (QED) is 0.675. The largest absolute Gasteiger partial charge is 0.351 e. The molecule has 154 valence electrons. The summed E-state index contributed by atoms with van der Waals surface area (Å²) in [5, 5.41) is 6.15. The minimum absolute atomic E-state index is 0.0217. The van der Waals surface area contributed by atoms with Gasteiger partial charge >= 0.3 is 0 Å². The van der Waals surface area contributed by atoms with E-state index in [1.165, 1.54) is 5.56 Å². The first-order valence-corrected chi connectivity index (χ1v) is 10.4. The lowest BCUT2D eigenvalue weighted by molar-refractivity contribution is -0.126. The maximum atomic E-state index is 13.2. The van der Waals surface area contributed by atoms with Crippen molar-refractivity contribution in [1.82, 2.24) is 10.6 Å². The Hall–Kier alpha value is -2.66. The van der Waals surface area contributed by atoms with Crippen LogP contribution < -0.4 is 16.4 Å². The average molecular weight is 394 g/mol. The molecule has 2 amide bonds. The van der Waals surface area contributed by atoms with Crippen LogP contribution in [-0.4, -0.2) is 24.4 Å². The first-order valence-electron chi connectivity index (χ1n) is 10.4. The fraction of sp³-hybridized carbons (Fsp3) is 0.417. The molecule has 29 heavy (non-hydrogen) atoms. The minimum atomic E-state index is -0.230. The molecular weight excluding hydrogens is 362 g/mol. The van der Waals surface area contributed by atoms with Crippen LogP contribution in [0.2, 0.25) is 0 Å². The Bertz CT molecular complexity index is 818. The summed E-state index contributed by atoms with van der Waals surface area (Å²) in [6.07, 6.45) is 2.50. The topological polar surface area (TPSA) is 84.2 Å². The number of rotatable bonds is 7. The summed E-state index contributed by atoms with van der Waals surface area (Å²) in [6, 6.07) is 18.1. The predicted molar refractivity (Wildman–Crippen MR) is 115 cm³/mol. The monoisotopic (exact) mass is 393 g/mol. The normalized spacial score (nSPS) is 19.7. The second kappa shape index (κ2) is 9.70. The predicted octanol–water partition coefficient (Wildman–Crippen LogP) is 3.26. The number of hydrogen-bond donors (Lipinski definition) is 3. The van der Waals surface area contributed by atoms with Gasteiger partial charge in [0.25, 0.3) is 0 Å². The lowest BCUT2D eigenvalue weighted by Gasteiger charge is -2.25. The molecule has 0 unspecified atom stereocenters. The summed E-state index contributed by atoms with van der Waals surface area (Å²) in [6.45, 7) is 4.28. The Labute approximate surface area is 173 Å². The number of nitrogens with one attached hydrogen (secondary N) is 2. The zero-order valence-electron chi connectivity index (χ0n) is 17.2. The molecule has 1 saturated carbocycles. The van der Waals surface area contributed by atoms with Gasteiger partial charge in [-0.05, 0) is 35.4 Å². The number of carbonyl (C=O) groups excluding carboxylic acids is 2. The fourth-order valence-electron chi connectivity index (χ4n) is 4.04. The van der Waals surface area contributed by atoms with E-state index in [0.29, 0.717) is 5.92 Å². The number of benzene rings is 2. The maximum absolute atomic E-state index is 13.2. The Morgan fingerprint density at radius 2 is 1.59 bits per heavy atom. The summed E-state index contributed by atoms with van der Waals surface area (Å²) in [4.78, 5) is 24.9. The number of hydrogen-bond acceptors (Lipinski definition) is 3. The summed E-state index contributed by atoms with van der Waals surface area (Å²) >= 11 is 0. The van der Waals surface area contributed by atoms with Crippen molar-refractivity contribution in [2.75, 3.05) is 6.54 Å². The molecule has 1 aliphatic carbocycles. The fourth-order valence-corrected chi connectivity index (χ4v) is 4.04. The number of amides is 2. The van der Waals surface area contributed by atoms with Gasteiger partial charge in [0.2, 0.25) is 11.8 Å². The Kier molecular flexibility index (Phi) is 7.04. The summed E-state index contributed by atoms with van der Waals surface area (Å²) in [7, 11) is 0. The molecule has 0 spiro atoms. The van der Waals surface area contributed by atoms with Gasteiger partial charge in [-0.3, -0.25) is 9.59 Å². The van der Waals surface area contributed by atoms with Crippen molar-refractivity contribution in [2.45, 2.75) is 51.1 Å². The van der Waals surface area contributed by atoms with Crippen LogP contribution >= 0.6 is 0 Å². The van der Waals surface area contributed by atoms with Crippen LogP contribution in [0.15, 0.2) is 54.6 Å². The second-order valence-electron chi connectivity index (χ2n) is 8.09. The molecule has 2 aromatic rings. The molecule has 1 fully saturated rings. The molecular formula is C24H31N3O2. The van der Waals surface area contributed by atoms with Gasteiger partial charge in [0.1, 0.15) is 0 Å². The molecule has 0 radical (unpaired) electrons. The van der Waals surface area contributed by atoms with Crippen molar-refractivity contribution in [2.24, 2.45) is 11.7 Å². The molecule has 0 heterocycles. The Morgan fingerprint density at radius 3 is 2.21 bits per heavy atom. The van der Waals surface area contributed by atoms with Crippen LogP contribution in [0, 0.1) is 5.92 Å². The number of carbonyl (C=O) groups is 2. The molecule has 2 aromatic carbocycles. The third kappa shape index (κ3) is 5.24. The highest BCUT2D eigenvalue weighted by Gasteiger charge is 2.35. The van der Waals surface area contributed by atoms with Crippen LogP contribution in [0.4, 0.5) is 0 Å². The van der Waals surface area contributed by atoms with Crippen LogP contribution in [0.5, 0.6) is 0 Å². The van der Waals surface area contributed by atoms with Gasteiger partial charge in [0.05, 0.1) is 18.5 Å². The van der Waals surface area contributed by atoms with E-state index in [1.54, 1.807) is 0 Å². The molecule has 0 saturated heterocycles. The van der Waals surface area contributed by atoms with Crippen LogP contribution in [0.25, 0.3) is 0 Å². The lowest BCUT2D eigenvalue weighted by Crippen LogP contribution is -2.46. The Morgan fingerprint density at radius 1 is 0.966 bits per heavy atom. The van der Waals surface area contributed by atoms with Gasteiger partial charge < -0.3 is 16.4 Å². The third-order valence-electron chi connectivity index (χ3n) is 5.74. The molecule has 1 aliphatic rings.